The molecule has 0 aromatic carbocycles. The minimum atomic E-state index is 0.777. The smallest absolute Gasteiger partial charge is 0.0163 e. The second-order valence-corrected chi connectivity index (χ2v) is 7.28. The summed E-state index contributed by atoms with van der Waals surface area (Å²) in [4.78, 5) is 2.85. The number of nitrogens with one attached hydrogen (secondary N) is 1. The summed E-state index contributed by atoms with van der Waals surface area (Å²) in [6.07, 6.45) is 6.92. The van der Waals surface area contributed by atoms with Crippen LogP contribution >= 0.6 is 11.8 Å². The second-order valence-electron chi connectivity index (χ2n) is 5.96. The van der Waals surface area contributed by atoms with Gasteiger partial charge in [-0.3, -0.25) is 4.90 Å². The van der Waals surface area contributed by atoms with E-state index in [1.807, 2.05) is 0 Å². The first-order valence-electron chi connectivity index (χ1n) is 7.84. The van der Waals surface area contributed by atoms with Crippen LogP contribution in [0.5, 0.6) is 0 Å². The Hall–Kier alpha value is 0.270. The minimum Gasteiger partial charge on any atom is -0.314 e. The zero-order valence-corrected chi connectivity index (χ0v) is 13.1. The molecule has 0 aliphatic carbocycles. The molecule has 0 spiro atoms. The first-order valence-corrected chi connectivity index (χ1v) is 9.00. The van der Waals surface area contributed by atoms with Gasteiger partial charge in [-0.1, -0.05) is 13.8 Å². The second kappa shape index (κ2) is 7.16. The van der Waals surface area contributed by atoms with Crippen LogP contribution in [0.1, 0.15) is 52.9 Å². The summed E-state index contributed by atoms with van der Waals surface area (Å²) in [5.74, 6) is 2.57. The van der Waals surface area contributed by atoms with Crippen LogP contribution in [-0.2, 0) is 0 Å². The molecule has 0 aromatic rings. The number of nitrogens with zero attached hydrogens (tertiary/aromatic N) is 1. The fourth-order valence-corrected chi connectivity index (χ4v) is 4.57. The Kier molecular flexibility index (Phi) is 5.84. The van der Waals surface area contributed by atoms with Crippen molar-refractivity contribution in [3.05, 3.63) is 0 Å². The van der Waals surface area contributed by atoms with E-state index in [1.54, 1.807) is 0 Å². The number of fused-ring (bicyclic) bond motifs is 2. The van der Waals surface area contributed by atoms with Crippen LogP contribution < -0.4 is 5.32 Å². The van der Waals surface area contributed by atoms with Gasteiger partial charge < -0.3 is 5.32 Å². The Labute approximate surface area is 117 Å². The molecular formula is C15H30N2S. The molecule has 2 nitrogen and oxygen atoms in total. The standard InChI is InChI=1S/C15H30N2S/c1-4-8-16-13-9-14-6-7-15(10-13)17(14)12(3)11-18-5-2/h12-16H,4-11H2,1-3H3. The van der Waals surface area contributed by atoms with Gasteiger partial charge in [0, 0.05) is 29.9 Å². The van der Waals surface area contributed by atoms with E-state index < -0.39 is 0 Å². The molecule has 106 valence electrons. The maximum atomic E-state index is 3.74. The topological polar surface area (TPSA) is 15.3 Å². The zero-order chi connectivity index (χ0) is 13.0. The van der Waals surface area contributed by atoms with E-state index in [0.29, 0.717) is 0 Å². The summed E-state index contributed by atoms with van der Waals surface area (Å²) in [5.41, 5.74) is 0. The Balaban J connectivity index is 1.85. The molecule has 2 rings (SSSR count). The van der Waals surface area contributed by atoms with Crippen LogP contribution in [0, 0.1) is 0 Å². The van der Waals surface area contributed by atoms with Crippen molar-refractivity contribution in [3.63, 3.8) is 0 Å². The van der Waals surface area contributed by atoms with Gasteiger partial charge in [0.05, 0.1) is 0 Å². The molecule has 3 heteroatoms. The SMILES string of the molecule is CCCNC1CC2CCC(C1)N2C(C)CSCC. The Morgan fingerprint density at radius 3 is 2.44 bits per heavy atom. The van der Waals surface area contributed by atoms with E-state index in [2.05, 4.69) is 42.7 Å². The number of thioether (sulfide) groups is 1. The molecule has 3 unspecified atom stereocenters. The highest BCUT2D eigenvalue weighted by Gasteiger charge is 2.42. The molecule has 2 heterocycles. The van der Waals surface area contributed by atoms with E-state index in [9.17, 15) is 0 Å². The van der Waals surface area contributed by atoms with Crippen LogP contribution in [0.2, 0.25) is 0 Å². The summed E-state index contributed by atoms with van der Waals surface area (Å²) < 4.78 is 0. The van der Waals surface area contributed by atoms with Crippen molar-refractivity contribution in [2.75, 3.05) is 18.1 Å². The summed E-state index contributed by atoms with van der Waals surface area (Å²) in [6, 6.07) is 3.31. The average molecular weight is 270 g/mol. The summed E-state index contributed by atoms with van der Waals surface area (Å²) in [7, 11) is 0. The third kappa shape index (κ3) is 3.43. The molecule has 3 atom stereocenters. The van der Waals surface area contributed by atoms with Gasteiger partial charge in [-0.05, 0) is 51.3 Å². The molecule has 0 saturated carbocycles. The van der Waals surface area contributed by atoms with Gasteiger partial charge in [0.1, 0.15) is 0 Å². The van der Waals surface area contributed by atoms with Crippen LogP contribution in [0.3, 0.4) is 0 Å². The highest BCUT2D eigenvalue weighted by molar-refractivity contribution is 7.99. The Morgan fingerprint density at radius 1 is 1.22 bits per heavy atom. The van der Waals surface area contributed by atoms with Crippen LogP contribution in [-0.4, -0.2) is 47.1 Å². The lowest BCUT2D eigenvalue weighted by Gasteiger charge is -2.42. The van der Waals surface area contributed by atoms with Gasteiger partial charge in [-0.15, -0.1) is 0 Å². The van der Waals surface area contributed by atoms with Crippen molar-refractivity contribution in [3.8, 4) is 0 Å². The zero-order valence-electron chi connectivity index (χ0n) is 12.3. The fourth-order valence-electron chi connectivity index (χ4n) is 3.82. The van der Waals surface area contributed by atoms with Gasteiger partial charge in [0.25, 0.3) is 0 Å². The number of piperidine rings is 1. The van der Waals surface area contributed by atoms with Crippen molar-refractivity contribution in [2.24, 2.45) is 0 Å². The van der Waals surface area contributed by atoms with Crippen LogP contribution in [0.4, 0.5) is 0 Å². The molecule has 0 amide bonds. The van der Waals surface area contributed by atoms with E-state index >= 15 is 0 Å². The molecular weight excluding hydrogens is 240 g/mol. The van der Waals surface area contributed by atoms with Crippen molar-refractivity contribution in [1.82, 2.24) is 10.2 Å². The fraction of sp³-hybridized carbons (Fsp3) is 1.00. The van der Waals surface area contributed by atoms with Crippen LogP contribution in [0.25, 0.3) is 0 Å². The summed E-state index contributed by atoms with van der Waals surface area (Å²) >= 11 is 2.10. The molecule has 2 aliphatic rings. The maximum Gasteiger partial charge on any atom is 0.0163 e. The van der Waals surface area contributed by atoms with Crippen molar-refractivity contribution < 1.29 is 0 Å². The lowest BCUT2D eigenvalue weighted by molar-refractivity contribution is 0.0870. The van der Waals surface area contributed by atoms with Crippen molar-refractivity contribution in [1.29, 1.82) is 0 Å². The maximum absolute atomic E-state index is 3.74. The number of rotatable bonds is 7. The van der Waals surface area contributed by atoms with Crippen molar-refractivity contribution >= 4 is 11.8 Å². The molecule has 2 saturated heterocycles. The molecule has 1 N–H and O–H groups in total. The highest BCUT2D eigenvalue weighted by atomic mass is 32.2. The number of hydrogen-bond donors (Lipinski definition) is 1. The third-order valence-corrected chi connectivity index (χ3v) is 5.67. The first kappa shape index (κ1) is 14.7. The van der Waals surface area contributed by atoms with Gasteiger partial charge in [-0.25, -0.2) is 0 Å². The first-order chi connectivity index (χ1) is 8.76. The Bertz CT molecular complexity index is 233. The highest BCUT2D eigenvalue weighted by Crippen LogP contribution is 2.37. The molecule has 18 heavy (non-hydrogen) atoms. The van der Waals surface area contributed by atoms with E-state index in [0.717, 1.165) is 24.2 Å². The van der Waals surface area contributed by atoms with Gasteiger partial charge in [0.2, 0.25) is 0 Å². The van der Waals surface area contributed by atoms with E-state index in [-0.39, 0.29) is 0 Å². The molecule has 2 aliphatic heterocycles. The van der Waals surface area contributed by atoms with Gasteiger partial charge >= 0.3 is 0 Å². The van der Waals surface area contributed by atoms with Crippen molar-refractivity contribution in [2.45, 2.75) is 77.0 Å². The largest absolute Gasteiger partial charge is 0.314 e. The normalized spacial score (nSPS) is 33.8. The predicted octanol–water partition coefficient (Wildman–Crippen LogP) is 3.12. The molecule has 0 aromatic heterocycles. The van der Waals surface area contributed by atoms with Gasteiger partial charge in [0.15, 0.2) is 0 Å². The monoisotopic (exact) mass is 270 g/mol. The lowest BCUT2D eigenvalue weighted by Crippen LogP contribution is -2.53. The van der Waals surface area contributed by atoms with E-state index in [4.69, 9.17) is 0 Å². The average Bonchev–Trinajstić information content (AvgIpc) is 2.65. The third-order valence-electron chi connectivity index (χ3n) is 4.54. The quantitative estimate of drug-likeness (QED) is 0.765. The minimum absolute atomic E-state index is 0.777. The summed E-state index contributed by atoms with van der Waals surface area (Å²) in [5, 5.41) is 3.74. The lowest BCUT2D eigenvalue weighted by atomic mass is 9.96. The molecule has 2 fully saturated rings. The van der Waals surface area contributed by atoms with Gasteiger partial charge in [-0.2, -0.15) is 11.8 Å². The summed E-state index contributed by atoms with van der Waals surface area (Å²) in [6.45, 7) is 8.17. The van der Waals surface area contributed by atoms with Crippen LogP contribution in [0.15, 0.2) is 0 Å². The Morgan fingerprint density at radius 2 is 1.89 bits per heavy atom. The van der Waals surface area contributed by atoms with E-state index in [1.165, 1.54) is 50.2 Å². The predicted molar refractivity (Wildman–Crippen MR) is 82.4 cm³/mol. The molecule has 2 bridgehead atoms. The number of hydrogen-bond acceptors (Lipinski definition) is 3. The molecule has 0 radical (unpaired) electrons.